The molecule has 0 saturated carbocycles. The van der Waals surface area contributed by atoms with Crippen LogP contribution in [-0.4, -0.2) is 33.0 Å². The van der Waals surface area contributed by atoms with Crippen molar-refractivity contribution in [2.75, 3.05) is 6.54 Å². The molecule has 0 aliphatic carbocycles. The summed E-state index contributed by atoms with van der Waals surface area (Å²) in [5, 5.41) is 0. The zero-order valence-electron chi connectivity index (χ0n) is 14.2. The first-order chi connectivity index (χ1) is 11.8. The van der Waals surface area contributed by atoms with E-state index in [1.807, 2.05) is 29.2 Å². The molecule has 0 N–H and O–H groups in total. The molecule has 5 heteroatoms. The molecule has 0 unspecified atom stereocenters. The standard InChI is InChI=1S/C19H25N3O2/c1-2-3-9-19(23)22-12-17-8-6-11-21(17)13-18(14-22)24-15-16-7-4-5-10-20-16/h4-8,10-11,18H,2-3,9,12-15H2,1H3/t18-/m0/s1. The molecule has 1 aliphatic rings. The van der Waals surface area contributed by atoms with Crippen molar-refractivity contribution >= 4 is 5.91 Å². The lowest BCUT2D eigenvalue weighted by molar-refractivity contribution is -0.134. The predicted octanol–water partition coefficient (Wildman–Crippen LogP) is 3.00. The van der Waals surface area contributed by atoms with Crippen molar-refractivity contribution in [1.29, 1.82) is 0 Å². The Morgan fingerprint density at radius 2 is 2.21 bits per heavy atom. The summed E-state index contributed by atoms with van der Waals surface area (Å²) in [5.74, 6) is 0.220. The van der Waals surface area contributed by atoms with Crippen molar-refractivity contribution in [1.82, 2.24) is 14.5 Å². The van der Waals surface area contributed by atoms with Crippen LogP contribution >= 0.6 is 0 Å². The van der Waals surface area contributed by atoms with Crippen LogP contribution in [0.3, 0.4) is 0 Å². The average molecular weight is 327 g/mol. The summed E-state index contributed by atoms with van der Waals surface area (Å²) >= 11 is 0. The van der Waals surface area contributed by atoms with E-state index < -0.39 is 0 Å². The molecule has 0 fully saturated rings. The van der Waals surface area contributed by atoms with Crippen LogP contribution in [0, 0.1) is 0 Å². The SMILES string of the molecule is CCCCC(=O)N1Cc2cccn2C[C@H](OCc2ccccn2)C1. The lowest BCUT2D eigenvalue weighted by Gasteiger charge is -2.24. The van der Waals surface area contributed by atoms with Crippen LogP contribution in [0.15, 0.2) is 42.7 Å². The number of carbonyl (C=O) groups excluding carboxylic acids is 1. The van der Waals surface area contributed by atoms with Gasteiger partial charge in [-0.3, -0.25) is 9.78 Å². The molecule has 1 aliphatic heterocycles. The number of pyridine rings is 1. The predicted molar refractivity (Wildman–Crippen MR) is 92.2 cm³/mol. The number of ether oxygens (including phenoxy) is 1. The van der Waals surface area contributed by atoms with Crippen molar-refractivity contribution in [3.05, 3.63) is 54.1 Å². The van der Waals surface area contributed by atoms with E-state index in [1.165, 1.54) is 5.69 Å². The fraction of sp³-hybridized carbons (Fsp3) is 0.474. The molecule has 5 nitrogen and oxygen atoms in total. The second-order valence-electron chi connectivity index (χ2n) is 6.28. The Morgan fingerprint density at radius 3 is 3.00 bits per heavy atom. The van der Waals surface area contributed by atoms with Crippen molar-refractivity contribution in [3.63, 3.8) is 0 Å². The Kier molecular flexibility index (Phi) is 5.64. The molecular weight excluding hydrogens is 302 g/mol. The van der Waals surface area contributed by atoms with Gasteiger partial charge < -0.3 is 14.2 Å². The van der Waals surface area contributed by atoms with Crippen molar-refractivity contribution in [3.8, 4) is 0 Å². The van der Waals surface area contributed by atoms with Gasteiger partial charge in [-0.05, 0) is 30.7 Å². The summed E-state index contributed by atoms with van der Waals surface area (Å²) in [7, 11) is 0. The van der Waals surface area contributed by atoms with E-state index in [2.05, 4.69) is 28.7 Å². The zero-order valence-corrected chi connectivity index (χ0v) is 14.2. The molecule has 2 aromatic rings. The molecular formula is C19H25N3O2. The smallest absolute Gasteiger partial charge is 0.223 e. The van der Waals surface area contributed by atoms with E-state index >= 15 is 0 Å². The van der Waals surface area contributed by atoms with E-state index in [4.69, 9.17) is 4.74 Å². The molecule has 0 saturated heterocycles. The monoisotopic (exact) mass is 327 g/mol. The highest BCUT2D eigenvalue weighted by atomic mass is 16.5. The van der Waals surface area contributed by atoms with Gasteiger partial charge in [0.05, 0.1) is 31.5 Å². The maximum absolute atomic E-state index is 12.5. The van der Waals surface area contributed by atoms with Gasteiger partial charge in [0.2, 0.25) is 5.91 Å². The Hall–Kier alpha value is -2.14. The molecule has 1 atom stereocenters. The zero-order chi connectivity index (χ0) is 16.8. The lowest BCUT2D eigenvalue weighted by Crippen LogP contribution is -2.37. The van der Waals surface area contributed by atoms with Crippen molar-refractivity contribution in [2.45, 2.75) is 52.0 Å². The third-order valence-electron chi connectivity index (χ3n) is 4.39. The minimum absolute atomic E-state index is 0.0220. The average Bonchev–Trinajstić information content (AvgIpc) is 2.96. The van der Waals surface area contributed by atoms with E-state index in [-0.39, 0.29) is 12.0 Å². The Morgan fingerprint density at radius 1 is 1.29 bits per heavy atom. The number of rotatable bonds is 6. The summed E-state index contributed by atoms with van der Waals surface area (Å²) in [5.41, 5.74) is 2.09. The molecule has 1 amide bonds. The number of hydrogen-bond acceptors (Lipinski definition) is 3. The van der Waals surface area contributed by atoms with E-state index in [9.17, 15) is 4.79 Å². The topological polar surface area (TPSA) is 47.4 Å². The van der Waals surface area contributed by atoms with Gasteiger partial charge in [-0.15, -0.1) is 0 Å². The summed E-state index contributed by atoms with van der Waals surface area (Å²) in [6, 6.07) is 9.94. The molecule has 0 radical (unpaired) electrons. The highest BCUT2D eigenvalue weighted by Crippen LogP contribution is 2.17. The summed E-state index contributed by atoms with van der Waals surface area (Å²) < 4.78 is 8.27. The van der Waals surface area contributed by atoms with Gasteiger partial charge in [0.25, 0.3) is 0 Å². The first kappa shape index (κ1) is 16.7. The van der Waals surface area contributed by atoms with Gasteiger partial charge in [-0.2, -0.15) is 0 Å². The molecule has 3 rings (SSSR count). The lowest BCUT2D eigenvalue weighted by atomic mass is 10.2. The van der Waals surface area contributed by atoms with Crippen LogP contribution in [0.2, 0.25) is 0 Å². The number of nitrogens with zero attached hydrogens (tertiary/aromatic N) is 3. The molecule has 0 spiro atoms. The van der Waals surface area contributed by atoms with Crippen LogP contribution in [0.25, 0.3) is 0 Å². The second kappa shape index (κ2) is 8.11. The highest BCUT2D eigenvalue weighted by molar-refractivity contribution is 5.76. The fourth-order valence-electron chi connectivity index (χ4n) is 3.02. The van der Waals surface area contributed by atoms with Gasteiger partial charge in [0.15, 0.2) is 0 Å². The first-order valence-electron chi connectivity index (χ1n) is 8.69. The molecule has 0 bridgehead atoms. The van der Waals surface area contributed by atoms with Crippen molar-refractivity contribution in [2.24, 2.45) is 0 Å². The number of hydrogen-bond donors (Lipinski definition) is 0. The number of amides is 1. The Labute approximate surface area is 143 Å². The van der Waals surface area contributed by atoms with Crippen molar-refractivity contribution < 1.29 is 9.53 Å². The maximum atomic E-state index is 12.5. The largest absolute Gasteiger partial charge is 0.368 e. The summed E-state index contributed by atoms with van der Waals surface area (Å²) in [4.78, 5) is 18.8. The van der Waals surface area contributed by atoms with Crippen LogP contribution in [0.5, 0.6) is 0 Å². The van der Waals surface area contributed by atoms with Gasteiger partial charge in [-0.25, -0.2) is 0 Å². The molecule has 2 aromatic heterocycles. The minimum Gasteiger partial charge on any atom is -0.368 e. The molecule has 128 valence electrons. The molecule has 3 heterocycles. The number of aromatic nitrogens is 2. The second-order valence-corrected chi connectivity index (χ2v) is 6.28. The maximum Gasteiger partial charge on any atom is 0.223 e. The number of fused-ring (bicyclic) bond motifs is 1. The normalized spacial score (nSPS) is 17.4. The van der Waals surface area contributed by atoms with Gasteiger partial charge >= 0.3 is 0 Å². The van der Waals surface area contributed by atoms with E-state index in [1.54, 1.807) is 6.20 Å². The summed E-state index contributed by atoms with van der Waals surface area (Å²) in [6.07, 6.45) is 6.41. The van der Waals surface area contributed by atoms with Gasteiger partial charge in [0, 0.05) is 31.1 Å². The molecule has 0 aromatic carbocycles. The third kappa shape index (κ3) is 4.23. The van der Waals surface area contributed by atoms with Gasteiger partial charge in [0.1, 0.15) is 0 Å². The van der Waals surface area contributed by atoms with Gasteiger partial charge in [-0.1, -0.05) is 19.4 Å². The fourth-order valence-corrected chi connectivity index (χ4v) is 3.02. The number of unbranched alkanes of at least 4 members (excludes halogenated alkanes) is 1. The Bertz CT molecular complexity index is 654. The van der Waals surface area contributed by atoms with E-state index in [0.29, 0.717) is 26.1 Å². The molecule has 24 heavy (non-hydrogen) atoms. The van der Waals surface area contributed by atoms with Crippen LogP contribution in [0.1, 0.15) is 37.6 Å². The van der Waals surface area contributed by atoms with Crippen LogP contribution in [-0.2, 0) is 29.2 Å². The third-order valence-corrected chi connectivity index (χ3v) is 4.39. The first-order valence-corrected chi connectivity index (χ1v) is 8.69. The van der Waals surface area contributed by atoms with Crippen LogP contribution in [0.4, 0.5) is 0 Å². The van der Waals surface area contributed by atoms with Crippen LogP contribution < -0.4 is 0 Å². The highest BCUT2D eigenvalue weighted by Gasteiger charge is 2.25. The Balaban J connectivity index is 1.68. The minimum atomic E-state index is -0.0220. The number of carbonyl (C=O) groups is 1. The van der Waals surface area contributed by atoms with E-state index in [0.717, 1.165) is 25.1 Å². The summed E-state index contributed by atoms with van der Waals surface area (Å²) in [6.45, 7) is 4.65. The quantitative estimate of drug-likeness (QED) is 0.819.